The van der Waals surface area contributed by atoms with Crippen LogP contribution in [0.2, 0.25) is 0 Å². The molecule has 1 aliphatic carbocycles. The van der Waals surface area contributed by atoms with Gasteiger partial charge >= 0.3 is 6.16 Å². The number of piperidine rings is 1. The molecule has 1 aliphatic heterocycles. The Balaban J connectivity index is 0.000000723. The summed E-state index contributed by atoms with van der Waals surface area (Å²) in [5, 5.41) is 13.9. The Kier molecular flexibility index (Phi) is 8.16. The van der Waals surface area contributed by atoms with Gasteiger partial charge in [0.15, 0.2) is 0 Å². The van der Waals surface area contributed by atoms with Gasteiger partial charge in [0.25, 0.3) is 5.91 Å². The first-order chi connectivity index (χ1) is 19.0. The number of carbonyl (C=O) groups excluding carboxylic acids is 1. The lowest BCUT2D eigenvalue weighted by Crippen LogP contribution is -2.37. The second-order valence-electron chi connectivity index (χ2n) is 10.3. The molecule has 7 nitrogen and oxygen atoms in total. The molecule has 2 heterocycles. The van der Waals surface area contributed by atoms with Crippen molar-refractivity contribution in [1.29, 1.82) is 0 Å². The van der Waals surface area contributed by atoms with Crippen LogP contribution in [0.1, 0.15) is 59.6 Å². The van der Waals surface area contributed by atoms with Crippen LogP contribution in [0.5, 0.6) is 0 Å². The van der Waals surface area contributed by atoms with Crippen molar-refractivity contribution in [2.45, 2.75) is 44.4 Å². The number of hydrogen-bond acceptors (Lipinski definition) is 4. The Labute approximate surface area is 228 Å². The molecular formula is C32H33N3O4. The van der Waals surface area contributed by atoms with Gasteiger partial charge in [-0.1, -0.05) is 73.5 Å². The summed E-state index contributed by atoms with van der Waals surface area (Å²) in [7, 11) is 0. The number of amides is 1. The van der Waals surface area contributed by atoms with Gasteiger partial charge in [-0.15, -0.1) is 0 Å². The summed E-state index contributed by atoms with van der Waals surface area (Å²) in [4.78, 5) is 34.0. The lowest BCUT2D eigenvalue weighted by atomic mass is 9.89. The number of rotatable bonds is 6. The second kappa shape index (κ2) is 12.1. The van der Waals surface area contributed by atoms with E-state index < -0.39 is 6.16 Å². The van der Waals surface area contributed by atoms with Crippen molar-refractivity contribution >= 4 is 23.1 Å². The normalized spacial score (nSPS) is 15.4. The Morgan fingerprint density at radius 3 is 2.08 bits per heavy atom. The van der Waals surface area contributed by atoms with Gasteiger partial charge in [-0.05, 0) is 61.3 Å². The van der Waals surface area contributed by atoms with E-state index in [1.807, 2.05) is 29.2 Å². The van der Waals surface area contributed by atoms with E-state index in [1.54, 1.807) is 0 Å². The number of likely N-dealkylation sites (tertiary alicyclic amines) is 1. The second-order valence-corrected chi connectivity index (χ2v) is 10.3. The standard InChI is InChI=1S/C31H31N3O.CH2O3/c35-31(34-19-17-24(18-20-34)23-7-3-1-4-8-23)26-14-16-27-29(21-26)32-28(15-13-22-11-12-22)30(33-27)25-9-5-2-6-10-25;2-1(3)4/h1-10,14,16,21-22,24H,11-13,15,17-20H2;(H2,2,3,4). The third-order valence-electron chi connectivity index (χ3n) is 7.57. The van der Waals surface area contributed by atoms with Crippen molar-refractivity contribution < 1.29 is 19.8 Å². The zero-order chi connectivity index (χ0) is 27.2. The summed E-state index contributed by atoms with van der Waals surface area (Å²) < 4.78 is 0. The fourth-order valence-corrected chi connectivity index (χ4v) is 5.30. The third kappa shape index (κ3) is 6.79. The van der Waals surface area contributed by atoms with Crippen molar-refractivity contribution in [3.63, 3.8) is 0 Å². The Morgan fingerprint density at radius 1 is 0.795 bits per heavy atom. The zero-order valence-electron chi connectivity index (χ0n) is 21.9. The Bertz CT molecular complexity index is 1430. The zero-order valence-corrected chi connectivity index (χ0v) is 21.9. The van der Waals surface area contributed by atoms with Crippen LogP contribution in [-0.4, -0.2) is 50.2 Å². The molecule has 2 N–H and O–H groups in total. The van der Waals surface area contributed by atoms with Crippen LogP contribution in [0, 0.1) is 5.92 Å². The van der Waals surface area contributed by atoms with Crippen LogP contribution in [0.15, 0.2) is 78.9 Å². The van der Waals surface area contributed by atoms with Crippen LogP contribution in [0.4, 0.5) is 4.79 Å². The number of fused-ring (bicyclic) bond motifs is 1. The molecule has 3 aromatic carbocycles. The molecule has 7 heteroatoms. The van der Waals surface area contributed by atoms with Gasteiger partial charge in [0.05, 0.1) is 22.4 Å². The molecule has 200 valence electrons. The van der Waals surface area contributed by atoms with Crippen LogP contribution >= 0.6 is 0 Å². The molecule has 39 heavy (non-hydrogen) atoms. The van der Waals surface area contributed by atoms with Crippen LogP contribution in [0.25, 0.3) is 22.3 Å². The Hall–Kier alpha value is -4.26. The molecule has 0 spiro atoms. The smallest absolute Gasteiger partial charge is 0.450 e. The highest BCUT2D eigenvalue weighted by molar-refractivity contribution is 5.97. The molecule has 1 amide bonds. The maximum atomic E-state index is 13.4. The van der Waals surface area contributed by atoms with E-state index in [1.165, 1.54) is 18.4 Å². The number of aromatic nitrogens is 2. The first-order valence-electron chi connectivity index (χ1n) is 13.6. The monoisotopic (exact) mass is 523 g/mol. The van der Waals surface area contributed by atoms with Crippen LogP contribution < -0.4 is 0 Å². The van der Waals surface area contributed by atoms with Gasteiger partial charge in [-0.25, -0.2) is 14.8 Å². The highest BCUT2D eigenvalue weighted by Gasteiger charge is 2.25. The van der Waals surface area contributed by atoms with Crippen LogP contribution in [-0.2, 0) is 6.42 Å². The minimum atomic E-state index is -1.83. The van der Waals surface area contributed by atoms with E-state index >= 15 is 0 Å². The van der Waals surface area contributed by atoms with Gasteiger partial charge in [0.2, 0.25) is 0 Å². The first-order valence-corrected chi connectivity index (χ1v) is 13.6. The predicted molar refractivity (Wildman–Crippen MR) is 151 cm³/mol. The average Bonchev–Trinajstić information content (AvgIpc) is 3.80. The van der Waals surface area contributed by atoms with Gasteiger partial charge in [0, 0.05) is 24.2 Å². The fourth-order valence-electron chi connectivity index (χ4n) is 5.30. The van der Waals surface area contributed by atoms with Crippen molar-refractivity contribution in [3.8, 4) is 11.3 Å². The fraction of sp³-hybridized carbons (Fsp3) is 0.312. The maximum Gasteiger partial charge on any atom is 0.503 e. The van der Waals surface area contributed by atoms with Crippen molar-refractivity contribution in [2.24, 2.45) is 5.92 Å². The molecule has 0 bridgehead atoms. The largest absolute Gasteiger partial charge is 0.503 e. The maximum absolute atomic E-state index is 13.4. The van der Waals surface area contributed by atoms with Gasteiger partial charge in [-0.2, -0.15) is 0 Å². The molecule has 0 unspecified atom stereocenters. The molecule has 4 aromatic rings. The lowest BCUT2D eigenvalue weighted by molar-refractivity contribution is 0.0713. The summed E-state index contributed by atoms with van der Waals surface area (Å²) >= 11 is 0. The molecule has 0 atom stereocenters. The van der Waals surface area contributed by atoms with Gasteiger partial charge < -0.3 is 15.1 Å². The van der Waals surface area contributed by atoms with Crippen molar-refractivity contribution in [1.82, 2.24) is 14.9 Å². The summed E-state index contributed by atoms with van der Waals surface area (Å²) in [5.74, 6) is 1.47. The topological polar surface area (TPSA) is 104 Å². The minimum absolute atomic E-state index is 0.104. The molecule has 6 rings (SSSR count). The Morgan fingerprint density at radius 2 is 1.44 bits per heavy atom. The highest BCUT2D eigenvalue weighted by Crippen LogP contribution is 2.35. The summed E-state index contributed by atoms with van der Waals surface area (Å²) in [6, 6.07) is 26.8. The van der Waals surface area contributed by atoms with E-state index in [-0.39, 0.29) is 5.91 Å². The molecule has 1 saturated heterocycles. The lowest BCUT2D eigenvalue weighted by Gasteiger charge is -2.32. The first kappa shape index (κ1) is 26.4. The van der Waals surface area contributed by atoms with Gasteiger partial charge in [-0.3, -0.25) is 4.79 Å². The molecule has 0 radical (unpaired) electrons. The minimum Gasteiger partial charge on any atom is -0.450 e. The summed E-state index contributed by atoms with van der Waals surface area (Å²) in [6.45, 7) is 1.59. The van der Waals surface area contributed by atoms with Crippen molar-refractivity contribution in [2.75, 3.05) is 13.1 Å². The number of carboxylic acid groups (broad SMARTS) is 2. The number of hydrogen-bond donors (Lipinski definition) is 2. The summed E-state index contributed by atoms with van der Waals surface area (Å²) in [5.41, 5.74) is 6.89. The molecule has 1 aromatic heterocycles. The average molecular weight is 524 g/mol. The van der Waals surface area contributed by atoms with E-state index in [0.29, 0.717) is 11.5 Å². The molecule has 2 aliphatic rings. The van der Waals surface area contributed by atoms with E-state index in [0.717, 1.165) is 72.7 Å². The molecule has 1 saturated carbocycles. The van der Waals surface area contributed by atoms with E-state index in [4.69, 9.17) is 25.0 Å². The number of benzene rings is 3. The van der Waals surface area contributed by atoms with Gasteiger partial charge in [0.1, 0.15) is 0 Å². The number of nitrogens with zero attached hydrogens (tertiary/aromatic N) is 3. The SMILES string of the molecule is O=C(O)O.O=C(c1ccc2nc(-c3ccccc3)c(CCC3CC3)nc2c1)N1CCC(c2ccccc2)CC1. The summed E-state index contributed by atoms with van der Waals surface area (Å²) in [6.07, 6.45) is 4.95. The highest BCUT2D eigenvalue weighted by atomic mass is 16.6. The van der Waals surface area contributed by atoms with Crippen LogP contribution in [0.3, 0.4) is 0 Å². The van der Waals surface area contributed by atoms with E-state index in [9.17, 15) is 4.79 Å². The predicted octanol–water partition coefficient (Wildman–Crippen LogP) is 6.88. The number of carbonyl (C=O) groups is 2. The molecule has 2 fully saturated rings. The van der Waals surface area contributed by atoms with E-state index in [2.05, 4.69) is 54.6 Å². The molecular weight excluding hydrogens is 490 g/mol. The number of aryl methyl sites for hydroxylation is 1. The third-order valence-corrected chi connectivity index (χ3v) is 7.57. The van der Waals surface area contributed by atoms with Crippen molar-refractivity contribution in [3.05, 3.63) is 95.7 Å². The quantitative estimate of drug-likeness (QED) is 0.285.